The molecule has 1 N–H and O–H groups in total. The van der Waals surface area contributed by atoms with E-state index in [-0.39, 0.29) is 17.9 Å². The number of carbonyl (C=O) groups is 2. The fraction of sp³-hybridized carbons (Fsp3) is 0.529. The third-order valence-corrected chi connectivity index (χ3v) is 4.32. The van der Waals surface area contributed by atoms with Gasteiger partial charge in [0, 0.05) is 18.2 Å². The maximum absolute atomic E-state index is 12.2. The molecule has 112 valence electrons. The average molecular weight is 286 g/mol. The van der Waals surface area contributed by atoms with E-state index in [1.54, 1.807) is 0 Å². The first kappa shape index (κ1) is 14.1. The maximum atomic E-state index is 12.2. The molecule has 1 aliphatic heterocycles. The zero-order valence-corrected chi connectivity index (χ0v) is 12.6. The van der Waals surface area contributed by atoms with Gasteiger partial charge in [-0.2, -0.15) is 0 Å². The smallest absolute Gasteiger partial charge is 0.249 e. The molecule has 0 spiro atoms. The number of piperidine rings is 1. The van der Waals surface area contributed by atoms with Crippen molar-refractivity contribution in [2.24, 2.45) is 0 Å². The summed E-state index contributed by atoms with van der Waals surface area (Å²) in [6, 6.07) is 8.69. The van der Waals surface area contributed by atoms with E-state index in [1.807, 2.05) is 0 Å². The highest BCUT2D eigenvalue weighted by atomic mass is 16.2. The minimum Gasteiger partial charge on any atom is -0.356 e. The molecule has 2 amide bonds. The number of rotatable bonds is 4. The number of nitrogens with zero attached hydrogens (tertiary/aromatic N) is 1. The second kappa shape index (κ2) is 5.51. The van der Waals surface area contributed by atoms with E-state index in [9.17, 15) is 9.59 Å². The van der Waals surface area contributed by atoms with Crippen LogP contribution in [0.1, 0.15) is 51.0 Å². The number of amides is 2. The van der Waals surface area contributed by atoms with E-state index < -0.39 is 0 Å². The van der Waals surface area contributed by atoms with Gasteiger partial charge in [-0.25, -0.2) is 0 Å². The molecule has 1 atom stereocenters. The Morgan fingerprint density at radius 1 is 1.19 bits per heavy atom. The number of benzene rings is 1. The van der Waals surface area contributed by atoms with Gasteiger partial charge in [0.2, 0.25) is 11.8 Å². The lowest BCUT2D eigenvalue weighted by Crippen LogP contribution is -2.53. The van der Waals surface area contributed by atoms with Crippen molar-refractivity contribution in [3.63, 3.8) is 0 Å². The Kier molecular flexibility index (Phi) is 3.70. The molecule has 2 aliphatic rings. The van der Waals surface area contributed by atoms with Gasteiger partial charge in [-0.1, -0.05) is 26.0 Å². The topological polar surface area (TPSA) is 49.4 Å². The highest BCUT2D eigenvalue weighted by Crippen LogP contribution is 2.36. The fourth-order valence-electron chi connectivity index (χ4n) is 2.99. The molecular formula is C17H22N2O2. The zero-order valence-electron chi connectivity index (χ0n) is 12.6. The van der Waals surface area contributed by atoms with E-state index in [0.29, 0.717) is 24.8 Å². The number of hydrogen-bond acceptors (Lipinski definition) is 3. The Hall–Kier alpha value is -1.84. The van der Waals surface area contributed by atoms with Gasteiger partial charge in [-0.3, -0.25) is 14.9 Å². The van der Waals surface area contributed by atoms with Gasteiger partial charge in [-0.05, 0) is 42.9 Å². The van der Waals surface area contributed by atoms with Gasteiger partial charge in [0.1, 0.15) is 6.04 Å². The number of nitrogens with one attached hydrogen (secondary N) is 1. The fourth-order valence-corrected chi connectivity index (χ4v) is 2.99. The van der Waals surface area contributed by atoms with Crippen LogP contribution >= 0.6 is 0 Å². The van der Waals surface area contributed by atoms with Crippen molar-refractivity contribution in [2.45, 2.75) is 57.5 Å². The summed E-state index contributed by atoms with van der Waals surface area (Å²) in [6.45, 7) is 4.35. The standard InChI is InChI=1S/C17H22N2O2/c1-11(2)12-4-3-5-14(10-12)19(13-6-7-13)15-8-9-16(20)18-17(15)21/h3-5,10-11,13,15H,6-9H2,1-2H3,(H,18,20,21). The van der Waals surface area contributed by atoms with Crippen LogP contribution in [-0.4, -0.2) is 23.9 Å². The molecule has 21 heavy (non-hydrogen) atoms. The SMILES string of the molecule is CC(C)c1cccc(N(C2CC2)C2CCC(=O)NC2=O)c1. The predicted octanol–water partition coefficient (Wildman–Crippen LogP) is 2.58. The van der Waals surface area contributed by atoms with Crippen molar-refractivity contribution >= 4 is 17.5 Å². The summed E-state index contributed by atoms with van der Waals surface area (Å²) in [5.74, 6) is 0.170. The Bertz CT molecular complexity index is 564. The van der Waals surface area contributed by atoms with Gasteiger partial charge < -0.3 is 4.90 Å². The Labute approximate surface area is 125 Å². The van der Waals surface area contributed by atoms with Crippen molar-refractivity contribution in [1.29, 1.82) is 0 Å². The van der Waals surface area contributed by atoms with Crippen LogP contribution in [0.5, 0.6) is 0 Å². The largest absolute Gasteiger partial charge is 0.356 e. The second-order valence-electron chi connectivity index (χ2n) is 6.36. The van der Waals surface area contributed by atoms with Crippen LogP contribution in [0.3, 0.4) is 0 Å². The molecule has 0 aromatic heterocycles. The molecule has 1 unspecified atom stereocenters. The van der Waals surface area contributed by atoms with E-state index in [0.717, 1.165) is 18.5 Å². The lowest BCUT2D eigenvalue weighted by Gasteiger charge is -2.35. The highest BCUT2D eigenvalue weighted by Gasteiger charge is 2.39. The highest BCUT2D eigenvalue weighted by molar-refractivity contribution is 6.01. The first-order valence-electron chi connectivity index (χ1n) is 7.78. The molecule has 1 saturated carbocycles. The Morgan fingerprint density at radius 3 is 2.57 bits per heavy atom. The number of carbonyl (C=O) groups excluding carboxylic acids is 2. The summed E-state index contributed by atoms with van der Waals surface area (Å²) in [5.41, 5.74) is 2.39. The molecule has 1 aromatic rings. The van der Waals surface area contributed by atoms with Crippen molar-refractivity contribution < 1.29 is 9.59 Å². The summed E-state index contributed by atoms with van der Waals surface area (Å²) >= 11 is 0. The van der Waals surface area contributed by atoms with Crippen molar-refractivity contribution in [2.75, 3.05) is 4.90 Å². The Morgan fingerprint density at radius 2 is 1.95 bits per heavy atom. The van der Waals surface area contributed by atoms with Crippen LogP contribution < -0.4 is 10.2 Å². The second-order valence-corrected chi connectivity index (χ2v) is 6.36. The third-order valence-electron chi connectivity index (χ3n) is 4.32. The van der Waals surface area contributed by atoms with Crippen LogP contribution in [-0.2, 0) is 9.59 Å². The molecule has 0 bridgehead atoms. The molecule has 1 heterocycles. The monoisotopic (exact) mass is 286 g/mol. The normalized spacial score (nSPS) is 22.3. The van der Waals surface area contributed by atoms with Crippen LogP contribution in [0.25, 0.3) is 0 Å². The Balaban J connectivity index is 1.89. The van der Waals surface area contributed by atoms with Gasteiger partial charge in [0.05, 0.1) is 0 Å². The lowest BCUT2D eigenvalue weighted by molar-refractivity contribution is -0.134. The van der Waals surface area contributed by atoms with Crippen LogP contribution in [0.15, 0.2) is 24.3 Å². The number of anilines is 1. The molecule has 4 heteroatoms. The molecule has 4 nitrogen and oxygen atoms in total. The summed E-state index contributed by atoms with van der Waals surface area (Å²) in [5, 5.41) is 2.48. The van der Waals surface area contributed by atoms with Gasteiger partial charge in [0.25, 0.3) is 0 Å². The van der Waals surface area contributed by atoms with E-state index in [1.165, 1.54) is 5.56 Å². The molecular weight excluding hydrogens is 264 g/mol. The van der Waals surface area contributed by atoms with Crippen LogP contribution in [0.4, 0.5) is 5.69 Å². The minimum absolute atomic E-state index is 0.145. The molecule has 1 aliphatic carbocycles. The molecule has 2 fully saturated rings. The minimum atomic E-state index is -0.211. The summed E-state index contributed by atoms with van der Waals surface area (Å²) in [6.07, 6.45) is 3.31. The molecule has 0 radical (unpaired) electrons. The number of hydrogen-bond donors (Lipinski definition) is 1. The van der Waals surface area contributed by atoms with Gasteiger partial charge >= 0.3 is 0 Å². The first-order chi connectivity index (χ1) is 10.1. The lowest BCUT2D eigenvalue weighted by atomic mass is 10.00. The first-order valence-corrected chi connectivity index (χ1v) is 7.78. The summed E-state index contributed by atoms with van der Waals surface area (Å²) in [7, 11) is 0. The third kappa shape index (κ3) is 2.94. The quantitative estimate of drug-likeness (QED) is 0.866. The molecule has 1 aromatic carbocycles. The number of imide groups is 1. The van der Waals surface area contributed by atoms with Crippen molar-refractivity contribution in [3.05, 3.63) is 29.8 Å². The molecule has 1 saturated heterocycles. The van der Waals surface area contributed by atoms with E-state index in [4.69, 9.17) is 0 Å². The van der Waals surface area contributed by atoms with Gasteiger partial charge in [-0.15, -0.1) is 0 Å². The summed E-state index contributed by atoms with van der Waals surface area (Å²) < 4.78 is 0. The van der Waals surface area contributed by atoms with Crippen molar-refractivity contribution in [3.8, 4) is 0 Å². The van der Waals surface area contributed by atoms with E-state index >= 15 is 0 Å². The zero-order chi connectivity index (χ0) is 15.0. The van der Waals surface area contributed by atoms with Gasteiger partial charge in [0.15, 0.2) is 0 Å². The average Bonchev–Trinajstić information content (AvgIpc) is 3.26. The van der Waals surface area contributed by atoms with Crippen LogP contribution in [0, 0.1) is 0 Å². The maximum Gasteiger partial charge on any atom is 0.249 e. The predicted molar refractivity (Wildman–Crippen MR) is 82.2 cm³/mol. The molecule has 3 rings (SSSR count). The van der Waals surface area contributed by atoms with Crippen LogP contribution in [0.2, 0.25) is 0 Å². The van der Waals surface area contributed by atoms with E-state index in [2.05, 4.69) is 48.3 Å². The summed E-state index contributed by atoms with van der Waals surface area (Å²) in [4.78, 5) is 25.8. The van der Waals surface area contributed by atoms with Crippen molar-refractivity contribution in [1.82, 2.24) is 5.32 Å².